The Labute approximate surface area is 156 Å². The number of hydrogen-bond donors (Lipinski definition) is 2. The van der Waals surface area contributed by atoms with Crippen LogP contribution in [-0.4, -0.2) is 16.8 Å². The molecule has 0 bridgehead atoms. The van der Waals surface area contributed by atoms with Crippen LogP contribution in [-0.2, 0) is 0 Å². The SMILES string of the molecule is Cc1cccc(NC(=O)c2cncc(C(=O)Nc3cccc(Cl)c3)c2)c1. The van der Waals surface area contributed by atoms with Gasteiger partial charge in [-0.2, -0.15) is 0 Å². The summed E-state index contributed by atoms with van der Waals surface area (Å²) in [6.45, 7) is 1.94. The Morgan fingerprint density at radius 3 is 2.00 bits per heavy atom. The van der Waals surface area contributed by atoms with Gasteiger partial charge in [0.05, 0.1) is 11.1 Å². The molecule has 0 radical (unpaired) electrons. The summed E-state index contributed by atoms with van der Waals surface area (Å²) in [4.78, 5) is 28.8. The Hall–Kier alpha value is -3.18. The summed E-state index contributed by atoms with van der Waals surface area (Å²) in [5, 5.41) is 6.04. The van der Waals surface area contributed by atoms with E-state index in [0.29, 0.717) is 22.0 Å². The number of carbonyl (C=O) groups is 2. The lowest BCUT2D eigenvalue weighted by atomic mass is 10.1. The van der Waals surface area contributed by atoms with Gasteiger partial charge in [-0.3, -0.25) is 14.6 Å². The monoisotopic (exact) mass is 365 g/mol. The summed E-state index contributed by atoms with van der Waals surface area (Å²) < 4.78 is 0. The molecule has 130 valence electrons. The number of halogens is 1. The van der Waals surface area contributed by atoms with E-state index in [9.17, 15) is 9.59 Å². The van der Waals surface area contributed by atoms with E-state index in [4.69, 9.17) is 11.6 Å². The quantitative estimate of drug-likeness (QED) is 0.712. The molecule has 0 aliphatic heterocycles. The number of aromatic nitrogens is 1. The fourth-order valence-electron chi connectivity index (χ4n) is 2.38. The molecule has 5 nitrogen and oxygen atoms in total. The maximum Gasteiger partial charge on any atom is 0.257 e. The smallest absolute Gasteiger partial charge is 0.257 e. The van der Waals surface area contributed by atoms with E-state index in [2.05, 4.69) is 15.6 Å². The lowest BCUT2D eigenvalue weighted by molar-refractivity contribution is 0.102. The van der Waals surface area contributed by atoms with Crippen molar-refractivity contribution in [3.05, 3.63) is 88.7 Å². The minimum absolute atomic E-state index is 0.280. The number of pyridine rings is 1. The summed E-state index contributed by atoms with van der Waals surface area (Å²) in [6, 6.07) is 15.8. The van der Waals surface area contributed by atoms with Gasteiger partial charge in [0, 0.05) is 28.8 Å². The van der Waals surface area contributed by atoms with Gasteiger partial charge in [0.1, 0.15) is 0 Å². The summed E-state index contributed by atoms with van der Waals surface area (Å²) in [5.41, 5.74) is 2.86. The molecule has 1 aromatic heterocycles. The van der Waals surface area contributed by atoms with E-state index >= 15 is 0 Å². The maximum atomic E-state index is 12.4. The van der Waals surface area contributed by atoms with E-state index in [1.807, 2.05) is 25.1 Å². The van der Waals surface area contributed by atoms with Crippen molar-refractivity contribution in [2.45, 2.75) is 6.92 Å². The first-order chi connectivity index (χ1) is 12.5. The lowest BCUT2D eigenvalue weighted by Gasteiger charge is -2.08. The number of amides is 2. The summed E-state index contributed by atoms with van der Waals surface area (Å²) in [6.07, 6.45) is 2.82. The number of anilines is 2. The summed E-state index contributed by atoms with van der Waals surface area (Å²) in [7, 11) is 0. The van der Waals surface area contributed by atoms with Crippen LogP contribution in [0.25, 0.3) is 0 Å². The van der Waals surface area contributed by atoms with Crippen molar-refractivity contribution in [3.8, 4) is 0 Å². The number of carbonyl (C=O) groups excluding carboxylic acids is 2. The molecule has 0 spiro atoms. The number of aryl methyl sites for hydroxylation is 1. The van der Waals surface area contributed by atoms with E-state index in [1.54, 1.807) is 30.3 Å². The Kier molecular flexibility index (Phi) is 5.29. The highest BCUT2D eigenvalue weighted by Gasteiger charge is 2.12. The van der Waals surface area contributed by atoms with Gasteiger partial charge in [-0.05, 0) is 48.9 Å². The fourth-order valence-corrected chi connectivity index (χ4v) is 2.57. The topological polar surface area (TPSA) is 71.1 Å². The van der Waals surface area contributed by atoms with Gasteiger partial charge in [-0.1, -0.05) is 29.8 Å². The molecule has 0 aliphatic carbocycles. The molecule has 2 amide bonds. The van der Waals surface area contributed by atoms with Crippen LogP contribution < -0.4 is 10.6 Å². The molecule has 2 N–H and O–H groups in total. The lowest BCUT2D eigenvalue weighted by Crippen LogP contribution is -2.16. The molecular formula is C20H16ClN3O2. The molecule has 0 aliphatic rings. The largest absolute Gasteiger partial charge is 0.322 e. The number of nitrogens with one attached hydrogen (secondary N) is 2. The molecular weight excluding hydrogens is 350 g/mol. The van der Waals surface area contributed by atoms with Crippen LogP contribution in [0.2, 0.25) is 5.02 Å². The van der Waals surface area contributed by atoms with Crippen LogP contribution >= 0.6 is 11.6 Å². The molecule has 0 atom stereocenters. The molecule has 3 rings (SSSR count). The molecule has 1 heterocycles. The summed E-state index contributed by atoms with van der Waals surface area (Å²) in [5.74, 6) is -0.703. The Morgan fingerprint density at radius 2 is 1.42 bits per heavy atom. The van der Waals surface area contributed by atoms with Crippen LogP contribution in [0.15, 0.2) is 67.0 Å². The number of nitrogens with zero attached hydrogens (tertiary/aromatic N) is 1. The van der Waals surface area contributed by atoms with Crippen molar-refractivity contribution in [1.82, 2.24) is 4.98 Å². The normalized spacial score (nSPS) is 10.2. The third kappa shape index (κ3) is 4.46. The van der Waals surface area contributed by atoms with Gasteiger partial charge in [0.2, 0.25) is 0 Å². The highest BCUT2D eigenvalue weighted by atomic mass is 35.5. The van der Waals surface area contributed by atoms with Crippen LogP contribution in [0.5, 0.6) is 0 Å². The van der Waals surface area contributed by atoms with E-state index in [-0.39, 0.29) is 17.4 Å². The predicted molar refractivity (Wildman–Crippen MR) is 103 cm³/mol. The maximum absolute atomic E-state index is 12.4. The minimum atomic E-state index is -0.370. The second-order valence-electron chi connectivity index (χ2n) is 5.75. The second-order valence-corrected chi connectivity index (χ2v) is 6.19. The fraction of sp³-hybridized carbons (Fsp3) is 0.0500. The first-order valence-electron chi connectivity index (χ1n) is 7.91. The van der Waals surface area contributed by atoms with Crippen LogP contribution in [0.3, 0.4) is 0 Å². The number of hydrogen-bond acceptors (Lipinski definition) is 3. The molecule has 2 aromatic carbocycles. The average molecular weight is 366 g/mol. The minimum Gasteiger partial charge on any atom is -0.322 e. The zero-order valence-electron chi connectivity index (χ0n) is 14.0. The highest BCUT2D eigenvalue weighted by Crippen LogP contribution is 2.16. The Morgan fingerprint density at radius 1 is 0.846 bits per heavy atom. The van der Waals surface area contributed by atoms with Gasteiger partial charge in [0.15, 0.2) is 0 Å². The zero-order chi connectivity index (χ0) is 18.5. The molecule has 0 saturated heterocycles. The van der Waals surface area contributed by atoms with E-state index in [0.717, 1.165) is 5.56 Å². The first kappa shape index (κ1) is 17.6. The molecule has 6 heteroatoms. The van der Waals surface area contributed by atoms with Gasteiger partial charge in [-0.15, -0.1) is 0 Å². The third-order valence-electron chi connectivity index (χ3n) is 3.62. The molecule has 0 saturated carbocycles. The number of rotatable bonds is 4. The highest BCUT2D eigenvalue weighted by molar-refractivity contribution is 6.31. The molecule has 26 heavy (non-hydrogen) atoms. The first-order valence-corrected chi connectivity index (χ1v) is 8.29. The number of benzene rings is 2. The molecule has 3 aromatic rings. The van der Waals surface area contributed by atoms with Gasteiger partial charge >= 0.3 is 0 Å². The van der Waals surface area contributed by atoms with Crippen molar-refractivity contribution in [2.24, 2.45) is 0 Å². The standard InChI is InChI=1S/C20H16ClN3O2/c1-13-4-2-6-17(8-13)23-19(25)14-9-15(12-22-11-14)20(26)24-18-7-3-5-16(21)10-18/h2-12H,1H3,(H,23,25)(H,24,26). The average Bonchev–Trinajstić information content (AvgIpc) is 2.62. The van der Waals surface area contributed by atoms with Crippen LogP contribution in [0.4, 0.5) is 11.4 Å². The van der Waals surface area contributed by atoms with Crippen molar-refractivity contribution in [3.63, 3.8) is 0 Å². The molecule has 0 unspecified atom stereocenters. The predicted octanol–water partition coefficient (Wildman–Crippen LogP) is 4.55. The molecule has 0 fully saturated rings. The zero-order valence-corrected chi connectivity index (χ0v) is 14.7. The summed E-state index contributed by atoms with van der Waals surface area (Å²) >= 11 is 5.91. The van der Waals surface area contributed by atoms with Crippen molar-refractivity contribution in [1.29, 1.82) is 0 Å². The van der Waals surface area contributed by atoms with Gasteiger partial charge in [-0.25, -0.2) is 0 Å². The third-order valence-corrected chi connectivity index (χ3v) is 3.86. The van der Waals surface area contributed by atoms with Crippen LogP contribution in [0, 0.1) is 6.92 Å². The second kappa shape index (κ2) is 7.80. The van der Waals surface area contributed by atoms with Crippen molar-refractivity contribution >= 4 is 34.8 Å². The van der Waals surface area contributed by atoms with Gasteiger partial charge in [0.25, 0.3) is 11.8 Å². The van der Waals surface area contributed by atoms with Crippen molar-refractivity contribution < 1.29 is 9.59 Å². The van der Waals surface area contributed by atoms with E-state index in [1.165, 1.54) is 18.5 Å². The van der Waals surface area contributed by atoms with Crippen molar-refractivity contribution in [2.75, 3.05) is 10.6 Å². The van der Waals surface area contributed by atoms with Gasteiger partial charge < -0.3 is 10.6 Å². The van der Waals surface area contributed by atoms with Crippen LogP contribution in [0.1, 0.15) is 26.3 Å². The Bertz CT molecular complexity index is 898. The van der Waals surface area contributed by atoms with E-state index < -0.39 is 0 Å². The Balaban J connectivity index is 1.75.